The Labute approximate surface area is 74.5 Å². The molecule has 12 heavy (non-hydrogen) atoms. The molecular formula is C8H5ClN2O. The Balaban J connectivity index is 3.04. The van der Waals surface area contributed by atoms with E-state index in [1.807, 2.05) is 0 Å². The van der Waals surface area contributed by atoms with Crippen molar-refractivity contribution in [1.29, 1.82) is 0 Å². The van der Waals surface area contributed by atoms with Gasteiger partial charge in [-0.3, -0.25) is 4.79 Å². The molecule has 0 aliphatic heterocycles. The maximum atomic E-state index is 9.88. The van der Waals surface area contributed by atoms with Crippen LogP contribution in [0.15, 0.2) is 12.3 Å². The van der Waals surface area contributed by atoms with E-state index in [1.165, 1.54) is 6.20 Å². The van der Waals surface area contributed by atoms with Gasteiger partial charge in [0.2, 0.25) is 0 Å². The molecule has 60 valence electrons. The predicted octanol–water partition coefficient (Wildman–Crippen LogP) is 0.868. The van der Waals surface area contributed by atoms with Gasteiger partial charge in [0.25, 0.3) is 0 Å². The molecule has 1 aromatic heterocycles. The standard InChI is InChI=1S/C8H5ClN2O/c9-8-7(10)4-6(5-11-8)2-1-3-12/h3-5H,10H2. The molecule has 0 saturated heterocycles. The van der Waals surface area contributed by atoms with Crippen LogP contribution in [0.5, 0.6) is 0 Å². The number of aromatic nitrogens is 1. The molecule has 0 aliphatic carbocycles. The summed E-state index contributed by atoms with van der Waals surface area (Å²) in [6, 6.07) is 1.56. The molecule has 0 amide bonds. The summed E-state index contributed by atoms with van der Waals surface area (Å²) in [5.41, 5.74) is 6.37. The minimum absolute atomic E-state index is 0.242. The number of rotatable bonds is 0. The summed E-state index contributed by atoms with van der Waals surface area (Å²) in [5.74, 6) is 4.79. The molecule has 0 fully saturated rings. The zero-order valence-electron chi connectivity index (χ0n) is 6.04. The molecule has 1 heterocycles. The summed E-state index contributed by atoms with van der Waals surface area (Å²) < 4.78 is 0. The summed E-state index contributed by atoms with van der Waals surface area (Å²) in [4.78, 5) is 13.6. The van der Waals surface area contributed by atoms with Crippen molar-refractivity contribution in [2.45, 2.75) is 0 Å². The normalized spacial score (nSPS) is 8.42. The molecule has 2 N–H and O–H groups in total. The van der Waals surface area contributed by atoms with Gasteiger partial charge in [0.05, 0.1) is 5.69 Å². The number of hydrogen-bond acceptors (Lipinski definition) is 3. The number of carbonyl (C=O) groups is 1. The van der Waals surface area contributed by atoms with Gasteiger partial charge < -0.3 is 5.73 Å². The molecule has 0 bridgehead atoms. The van der Waals surface area contributed by atoms with Crippen molar-refractivity contribution < 1.29 is 4.79 Å². The van der Waals surface area contributed by atoms with Crippen LogP contribution in [0.4, 0.5) is 5.69 Å². The van der Waals surface area contributed by atoms with Crippen LogP contribution in [0.25, 0.3) is 0 Å². The third-order valence-electron chi connectivity index (χ3n) is 1.14. The van der Waals surface area contributed by atoms with Gasteiger partial charge in [-0.2, -0.15) is 0 Å². The van der Waals surface area contributed by atoms with Crippen molar-refractivity contribution in [2.75, 3.05) is 5.73 Å². The van der Waals surface area contributed by atoms with Crippen molar-refractivity contribution >= 4 is 23.6 Å². The highest BCUT2D eigenvalue weighted by atomic mass is 35.5. The van der Waals surface area contributed by atoms with Crippen molar-refractivity contribution in [1.82, 2.24) is 4.98 Å². The van der Waals surface area contributed by atoms with E-state index in [0.29, 0.717) is 17.5 Å². The average Bonchev–Trinajstić information content (AvgIpc) is 2.07. The number of aldehydes is 1. The maximum Gasteiger partial charge on any atom is 0.193 e. The van der Waals surface area contributed by atoms with Crippen molar-refractivity contribution in [3.63, 3.8) is 0 Å². The number of anilines is 1. The topological polar surface area (TPSA) is 56.0 Å². The highest BCUT2D eigenvalue weighted by Crippen LogP contribution is 2.14. The van der Waals surface area contributed by atoms with E-state index >= 15 is 0 Å². The van der Waals surface area contributed by atoms with Crippen molar-refractivity contribution in [2.24, 2.45) is 0 Å². The second-order valence-corrected chi connectivity index (χ2v) is 2.35. The molecule has 3 nitrogen and oxygen atoms in total. The third kappa shape index (κ3) is 1.97. The van der Waals surface area contributed by atoms with E-state index in [0.717, 1.165) is 0 Å². The first-order valence-corrected chi connectivity index (χ1v) is 3.48. The summed E-state index contributed by atoms with van der Waals surface area (Å²) in [5, 5.41) is 0.242. The fourth-order valence-electron chi connectivity index (χ4n) is 0.646. The molecule has 0 spiro atoms. The molecule has 0 saturated carbocycles. The number of nitrogens with zero attached hydrogens (tertiary/aromatic N) is 1. The van der Waals surface area contributed by atoms with Gasteiger partial charge in [-0.15, -0.1) is 0 Å². The van der Waals surface area contributed by atoms with E-state index in [2.05, 4.69) is 16.8 Å². The molecule has 4 heteroatoms. The number of halogens is 1. The molecule has 0 aliphatic rings. The van der Waals surface area contributed by atoms with Crippen LogP contribution in [-0.2, 0) is 4.79 Å². The van der Waals surface area contributed by atoms with Crippen LogP contribution in [0.1, 0.15) is 5.56 Å². The second kappa shape index (κ2) is 3.74. The van der Waals surface area contributed by atoms with E-state index in [1.54, 1.807) is 6.07 Å². The van der Waals surface area contributed by atoms with E-state index in [4.69, 9.17) is 17.3 Å². The highest BCUT2D eigenvalue weighted by Gasteiger charge is 1.96. The lowest BCUT2D eigenvalue weighted by atomic mass is 10.3. The van der Waals surface area contributed by atoms with Crippen molar-refractivity contribution in [3.05, 3.63) is 23.0 Å². The fourth-order valence-corrected chi connectivity index (χ4v) is 0.750. The molecule has 0 radical (unpaired) electrons. The first-order chi connectivity index (χ1) is 5.74. The predicted molar refractivity (Wildman–Crippen MR) is 46.6 cm³/mol. The monoisotopic (exact) mass is 180 g/mol. The van der Waals surface area contributed by atoms with Crippen LogP contribution >= 0.6 is 11.6 Å². The Hall–Kier alpha value is -1.53. The molecule has 1 aromatic rings. The van der Waals surface area contributed by atoms with Crippen LogP contribution in [0, 0.1) is 11.8 Å². The Morgan fingerprint density at radius 2 is 2.42 bits per heavy atom. The number of pyridine rings is 1. The minimum atomic E-state index is 0.242. The van der Waals surface area contributed by atoms with Crippen LogP contribution < -0.4 is 5.73 Å². The van der Waals surface area contributed by atoms with Crippen LogP contribution in [0.2, 0.25) is 5.15 Å². The average molecular weight is 181 g/mol. The van der Waals surface area contributed by atoms with Gasteiger partial charge in [-0.05, 0) is 12.0 Å². The van der Waals surface area contributed by atoms with E-state index in [9.17, 15) is 4.79 Å². The Morgan fingerprint density at radius 3 is 3.00 bits per heavy atom. The Bertz CT molecular complexity index is 365. The summed E-state index contributed by atoms with van der Waals surface area (Å²) in [7, 11) is 0. The number of hydrogen-bond donors (Lipinski definition) is 1. The maximum absolute atomic E-state index is 9.88. The largest absolute Gasteiger partial charge is 0.396 e. The van der Waals surface area contributed by atoms with E-state index in [-0.39, 0.29) is 5.15 Å². The quantitative estimate of drug-likeness (QED) is 0.366. The summed E-state index contributed by atoms with van der Waals surface area (Å²) >= 11 is 5.56. The second-order valence-electron chi connectivity index (χ2n) is 1.99. The summed E-state index contributed by atoms with van der Waals surface area (Å²) in [6.07, 6.45) is 1.96. The van der Waals surface area contributed by atoms with Crippen LogP contribution in [-0.4, -0.2) is 11.3 Å². The van der Waals surface area contributed by atoms with Crippen molar-refractivity contribution in [3.8, 4) is 11.8 Å². The van der Waals surface area contributed by atoms with E-state index < -0.39 is 0 Å². The van der Waals surface area contributed by atoms with Crippen LogP contribution in [0.3, 0.4) is 0 Å². The number of carbonyl (C=O) groups excluding carboxylic acids is 1. The lowest BCUT2D eigenvalue weighted by Crippen LogP contribution is -1.90. The van der Waals surface area contributed by atoms with Gasteiger partial charge in [-0.25, -0.2) is 4.98 Å². The Kier molecular flexibility index (Phi) is 2.67. The zero-order valence-corrected chi connectivity index (χ0v) is 6.80. The van der Waals surface area contributed by atoms with Gasteiger partial charge in [0, 0.05) is 11.8 Å². The van der Waals surface area contributed by atoms with Gasteiger partial charge in [0.15, 0.2) is 11.4 Å². The number of nitrogen functional groups attached to an aromatic ring is 1. The lowest BCUT2D eigenvalue weighted by Gasteiger charge is -1.95. The smallest absolute Gasteiger partial charge is 0.193 e. The lowest BCUT2D eigenvalue weighted by molar-refractivity contribution is -0.103. The first-order valence-electron chi connectivity index (χ1n) is 3.10. The SMILES string of the molecule is Nc1cc(C#CC=O)cnc1Cl. The molecule has 1 rings (SSSR count). The number of nitrogens with two attached hydrogens (primary N) is 1. The van der Waals surface area contributed by atoms with Gasteiger partial charge >= 0.3 is 0 Å². The zero-order chi connectivity index (χ0) is 8.97. The fraction of sp³-hybridized carbons (Fsp3) is 0. The minimum Gasteiger partial charge on any atom is -0.396 e. The molecule has 0 unspecified atom stereocenters. The Morgan fingerprint density at radius 1 is 1.67 bits per heavy atom. The van der Waals surface area contributed by atoms with Gasteiger partial charge in [0.1, 0.15) is 0 Å². The highest BCUT2D eigenvalue weighted by molar-refractivity contribution is 6.31. The van der Waals surface area contributed by atoms with Gasteiger partial charge in [-0.1, -0.05) is 17.5 Å². The molecule has 0 aromatic carbocycles. The third-order valence-corrected chi connectivity index (χ3v) is 1.46. The summed E-state index contributed by atoms with van der Waals surface area (Å²) in [6.45, 7) is 0. The molecular weight excluding hydrogens is 176 g/mol. The first kappa shape index (κ1) is 8.57. The molecule has 0 atom stereocenters.